The monoisotopic (exact) mass is 327 g/mol. The summed E-state index contributed by atoms with van der Waals surface area (Å²) in [5.41, 5.74) is 0.762. The van der Waals surface area contributed by atoms with Gasteiger partial charge < -0.3 is 15.2 Å². The van der Waals surface area contributed by atoms with Crippen LogP contribution in [0.1, 0.15) is 10.4 Å². The molecule has 2 aromatic heterocycles. The molecule has 0 unspecified atom stereocenters. The Labute approximate surface area is 135 Å². The summed E-state index contributed by atoms with van der Waals surface area (Å²) < 4.78 is 6.27. The van der Waals surface area contributed by atoms with Crippen molar-refractivity contribution >= 4 is 28.7 Å². The van der Waals surface area contributed by atoms with Crippen molar-refractivity contribution < 1.29 is 19.4 Å². The molecule has 0 aliphatic rings. The summed E-state index contributed by atoms with van der Waals surface area (Å²) in [6.07, 6.45) is 2.66. The van der Waals surface area contributed by atoms with Gasteiger partial charge in [0.2, 0.25) is 0 Å². The predicted molar refractivity (Wildman–Crippen MR) is 83.9 cm³/mol. The number of aliphatic carboxylic acids is 1. The fourth-order valence-corrected chi connectivity index (χ4v) is 2.16. The third-order valence-electron chi connectivity index (χ3n) is 3.30. The Bertz CT molecular complexity index is 904. The zero-order chi connectivity index (χ0) is 17.1. The summed E-state index contributed by atoms with van der Waals surface area (Å²) >= 11 is 0. The lowest BCUT2D eigenvalue weighted by Crippen LogP contribution is -2.14. The number of amides is 1. The maximum atomic E-state index is 12.3. The maximum Gasteiger partial charge on any atom is 0.325 e. The zero-order valence-electron chi connectivity index (χ0n) is 12.6. The highest BCUT2D eigenvalue weighted by Crippen LogP contribution is 2.20. The second-order valence-corrected chi connectivity index (χ2v) is 4.84. The average Bonchev–Trinajstić information content (AvgIpc) is 2.98. The van der Waals surface area contributed by atoms with Gasteiger partial charge in [-0.15, -0.1) is 0 Å². The van der Waals surface area contributed by atoms with Gasteiger partial charge >= 0.3 is 5.97 Å². The lowest BCUT2D eigenvalue weighted by atomic mass is 10.2. The highest BCUT2D eigenvalue weighted by molar-refractivity contribution is 6.07. The predicted octanol–water partition coefficient (Wildman–Crippen LogP) is 1.17. The number of anilines is 1. The van der Waals surface area contributed by atoms with E-state index in [4.69, 9.17) is 9.84 Å². The number of carboxylic acid groups (broad SMARTS) is 1. The Morgan fingerprint density at radius 3 is 2.67 bits per heavy atom. The fraction of sp³-hybridized carbons (Fsp3) is 0.133. The van der Waals surface area contributed by atoms with E-state index in [9.17, 15) is 9.59 Å². The van der Waals surface area contributed by atoms with E-state index in [1.807, 2.05) is 0 Å². The van der Waals surface area contributed by atoms with Gasteiger partial charge in [0, 0.05) is 5.56 Å². The summed E-state index contributed by atoms with van der Waals surface area (Å²) in [4.78, 5) is 31.2. The second kappa shape index (κ2) is 6.32. The van der Waals surface area contributed by atoms with Crippen LogP contribution in [0.25, 0.3) is 11.0 Å². The third kappa shape index (κ3) is 3.00. The first-order chi connectivity index (χ1) is 11.6. The van der Waals surface area contributed by atoms with Crippen LogP contribution in [0.15, 0.2) is 36.8 Å². The van der Waals surface area contributed by atoms with Crippen LogP contribution >= 0.6 is 0 Å². The molecule has 0 bridgehead atoms. The van der Waals surface area contributed by atoms with Crippen LogP contribution in [0.2, 0.25) is 0 Å². The van der Waals surface area contributed by atoms with Crippen LogP contribution < -0.4 is 10.1 Å². The molecule has 0 aliphatic carbocycles. The molecule has 0 spiro atoms. The number of carbonyl (C=O) groups is 2. The number of hydrogen-bond donors (Lipinski definition) is 2. The molecule has 1 amide bonds. The van der Waals surface area contributed by atoms with E-state index in [-0.39, 0.29) is 18.3 Å². The number of rotatable bonds is 5. The Hall–Kier alpha value is -3.49. The smallest absolute Gasteiger partial charge is 0.325 e. The Balaban J connectivity index is 1.87. The Morgan fingerprint density at radius 2 is 2.00 bits per heavy atom. The van der Waals surface area contributed by atoms with Crippen molar-refractivity contribution in [2.75, 3.05) is 12.4 Å². The summed E-state index contributed by atoms with van der Waals surface area (Å²) in [6, 6.07) is 6.60. The third-order valence-corrected chi connectivity index (χ3v) is 3.30. The van der Waals surface area contributed by atoms with Crippen LogP contribution in [0.4, 0.5) is 5.82 Å². The van der Waals surface area contributed by atoms with E-state index < -0.39 is 5.97 Å². The molecule has 2 N–H and O–H groups in total. The SMILES string of the molecule is COc1ccc(C(=O)Nc2ncnc3c2cnn3CC(=O)O)cc1. The van der Waals surface area contributed by atoms with Gasteiger partial charge in [0.1, 0.15) is 24.4 Å². The standard InChI is InChI=1S/C15H13N5O4/c1-24-10-4-2-9(3-5-10)15(23)19-13-11-6-18-20(7-12(21)22)14(11)17-8-16-13/h2-6,8H,7H2,1H3,(H,21,22)(H,16,17,19,23). The van der Waals surface area contributed by atoms with Crippen LogP contribution in [0.3, 0.4) is 0 Å². The lowest BCUT2D eigenvalue weighted by molar-refractivity contribution is -0.137. The number of methoxy groups -OCH3 is 1. The van der Waals surface area contributed by atoms with Gasteiger partial charge in [-0.1, -0.05) is 0 Å². The van der Waals surface area contributed by atoms with Crippen molar-refractivity contribution in [3.63, 3.8) is 0 Å². The average molecular weight is 327 g/mol. The number of benzene rings is 1. The van der Waals surface area contributed by atoms with Crippen LogP contribution in [0, 0.1) is 0 Å². The number of ether oxygens (including phenoxy) is 1. The van der Waals surface area contributed by atoms with Crippen molar-refractivity contribution in [1.29, 1.82) is 0 Å². The molecule has 0 radical (unpaired) electrons. The van der Waals surface area contributed by atoms with Gasteiger partial charge in [0.25, 0.3) is 5.91 Å². The minimum Gasteiger partial charge on any atom is -0.497 e. The summed E-state index contributed by atoms with van der Waals surface area (Å²) in [7, 11) is 1.54. The lowest BCUT2D eigenvalue weighted by Gasteiger charge is -2.06. The van der Waals surface area contributed by atoms with Crippen molar-refractivity contribution in [2.24, 2.45) is 0 Å². The van der Waals surface area contributed by atoms with E-state index >= 15 is 0 Å². The molecule has 0 saturated heterocycles. The van der Waals surface area contributed by atoms with Gasteiger partial charge in [0.15, 0.2) is 5.65 Å². The number of fused-ring (bicyclic) bond motifs is 1. The van der Waals surface area contributed by atoms with Gasteiger partial charge in [-0.25, -0.2) is 14.6 Å². The molecule has 24 heavy (non-hydrogen) atoms. The second-order valence-electron chi connectivity index (χ2n) is 4.84. The van der Waals surface area contributed by atoms with Gasteiger partial charge in [-0.05, 0) is 24.3 Å². The largest absolute Gasteiger partial charge is 0.497 e. The summed E-state index contributed by atoms with van der Waals surface area (Å²) in [5, 5.41) is 16.0. The minimum atomic E-state index is -1.04. The van der Waals surface area contributed by atoms with Crippen molar-refractivity contribution in [2.45, 2.75) is 6.54 Å². The highest BCUT2D eigenvalue weighted by atomic mass is 16.5. The van der Waals surface area contributed by atoms with E-state index in [0.29, 0.717) is 22.3 Å². The molecule has 3 aromatic rings. The van der Waals surface area contributed by atoms with Crippen molar-refractivity contribution in [1.82, 2.24) is 19.7 Å². The van der Waals surface area contributed by atoms with Crippen molar-refractivity contribution in [3.8, 4) is 5.75 Å². The molecule has 0 fully saturated rings. The molecule has 9 heteroatoms. The van der Waals surface area contributed by atoms with E-state index in [1.54, 1.807) is 31.4 Å². The summed E-state index contributed by atoms with van der Waals surface area (Å²) in [5.74, 6) is -0.491. The number of aromatic nitrogens is 4. The van der Waals surface area contributed by atoms with Crippen LogP contribution in [0.5, 0.6) is 5.75 Å². The topological polar surface area (TPSA) is 119 Å². The molecule has 0 saturated carbocycles. The van der Waals surface area contributed by atoms with Gasteiger partial charge in [-0.3, -0.25) is 9.59 Å². The van der Waals surface area contributed by atoms with Gasteiger partial charge in [-0.2, -0.15) is 5.10 Å². The molecule has 122 valence electrons. The molecule has 9 nitrogen and oxygen atoms in total. The first kappa shape index (κ1) is 15.4. The van der Waals surface area contributed by atoms with Gasteiger partial charge in [0.05, 0.1) is 18.7 Å². The molecule has 0 atom stereocenters. The Kier molecular flexibility index (Phi) is 4.06. The minimum absolute atomic E-state index is 0.262. The summed E-state index contributed by atoms with van der Waals surface area (Å²) in [6.45, 7) is -0.327. The molecule has 3 rings (SSSR count). The molecular formula is C15H13N5O4. The molecule has 0 aliphatic heterocycles. The molecule has 1 aromatic carbocycles. The quantitative estimate of drug-likeness (QED) is 0.722. The van der Waals surface area contributed by atoms with Crippen LogP contribution in [-0.4, -0.2) is 43.8 Å². The fourth-order valence-electron chi connectivity index (χ4n) is 2.16. The van der Waals surface area contributed by atoms with Crippen molar-refractivity contribution in [3.05, 3.63) is 42.4 Å². The molecule has 2 heterocycles. The van der Waals surface area contributed by atoms with E-state index in [0.717, 1.165) is 0 Å². The number of nitrogens with zero attached hydrogens (tertiary/aromatic N) is 4. The highest BCUT2D eigenvalue weighted by Gasteiger charge is 2.14. The van der Waals surface area contributed by atoms with E-state index in [2.05, 4.69) is 20.4 Å². The maximum absolute atomic E-state index is 12.3. The first-order valence-electron chi connectivity index (χ1n) is 6.92. The number of carboxylic acids is 1. The number of nitrogens with one attached hydrogen (secondary N) is 1. The zero-order valence-corrected chi connectivity index (χ0v) is 12.6. The number of carbonyl (C=O) groups excluding carboxylic acids is 1. The Morgan fingerprint density at radius 1 is 1.25 bits per heavy atom. The number of hydrogen-bond acceptors (Lipinski definition) is 6. The molecular weight excluding hydrogens is 314 g/mol. The van der Waals surface area contributed by atoms with Crippen LogP contribution in [-0.2, 0) is 11.3 Å². The first-order valence-corrected chi connectivity index (χ1v) is 6.92. The van der Waals surface area contributed by atoms with E-state index in [1.165, 1.54) is 17.2 Å². The normalized spacial score (nSPS) is 10.5.